The SMILES string of the molecule is Fc1cc(C2CN(C(c3cc4ncncc4s3)N3CCC(NCC4CC4)CC3)CCO2)c2cc[nH]c2c1. The molecule has 3 aromatic heterocycles. The Hall–Kier alpha value is -2.43. The standard InChI is InChI=1S/C28H33FN6OS/c29-19-11-22(21-3-6-31-23(21)12-19)25-16-35(9-10-36-25)28(26-13-24-27(37-26)15-30-17-33-24)34-7-4-20(5-8-34)32-14-18-1-2-18/h3,6,11-13,15,17-18,20,25,28,31-32H,1-2,4-5,7-10,14,16H2. The first kappa shape index (κ1) is 23.7. The van der Waals surface area contributed by atoms with Crippen LogP contribution in [-0.4, -0.2) is 70.1 Å². The molecule has 9 heteroatoms. The largest absolute Gasteiger partial charge is 0.371 e. The summed E-state index contributed by atoms with van der Waals surface area (Å²) in [4.78, 5) is 18.4. The van der Waals surface area contributed by atoms with Crippen LogP contribution in [0, 0.1) is 11.7 Å². The summed E-state index contributed by atoms with van der Waals surface area (Å²) in [5, 5.41) is 4.85. The number of aromatic nitrogens is 3. The van der Waals surface area contributed by atoms with Crippen LogP contribution >= 0.6 is 11.3 Å². The number of hydrogen-bond donors (Lipinski definition) is 2. The lowest BCUT2D eigenvalue weighted by Crippen LogP contribution is -2.51. The summed E-state index contributed by atoms with van der Waals surface area (Å²) in [7, 11) is 0. The van der Waals surface area contributed by atoms with Crippen LogP contribution in [0.3, 0.4) is 0 Å². The van der Waals surface area contributed by atoms with Gasteiger partial charge < -0.3 is 15.0 Å². The lowest BCUT2D eigenvalue weighted by molar-refractivity contribution is -0.0809. The maximum absolute atomic E-state index is 14.5. The van der Waals surface area contributed by atoms with Crippen molar-refractivity contribution in [2.75, 3.05) is 39.3 Å². The van der Waals surface area contributed by atoms with Crippen LogP contribution in [-0.2, 0) is 4.74 Å². The van der Waals surface area contributed by atoms with Gasteiger partial charge in [0, 0.05) is 60.4 Å². The third-order valence-corrected chi connectivity index (χ3v) is 9.29. The molecule has 2 atom stereocenters. The molecule has 2 unspecified atom stereocenters. The minimum absolute atomic E-state index is 0.144. The number of piperidine rings is 1. The highest BCUT2D eigenvalue weighted by atomic mass is 32.1. The van der Waals surface area contributed by atoms with Gasteiger partial charge in [-0.15, -0.1) is 11.3 Å². The Balaban J connectivity index is 1.16. The van der Waals surface area contributed by atoms with Gasteiger partial charge >= 0.3 is 0 Å². The van der Waals surface area contributed by atoms with Crippen LogP contribution in [0.5, 0.6) is 0 Å². The Morgan fingerprint density at radius 1 is 1.14 bits per heavy atom. The van der Waals surface area contributed by atoms with Crippen LogP contribution < -0.4 is 5.32 Å². The van der Waals surface area contributed by atoms with E-state index in [2.05, 4.69) is 36.1 Å². The molecule has 0 radical (unpaired) electrons. The predicted molar refractivity (Wildman–Crippen MR) is 144 cm³/mol. The third-order valence-electron chi connectivity index (χ3n) is 8.19. The number of morpholine rings is 1. The summed E-state index contributed by atoms with van der Waals surface area (Å²) < 4.78 is 21.9. The fourth-order valence-electron chi connectivity index (χ4n) is 6.03. The number of benzene rings is 1. The van der Waals surface area contributed by atoms with Crippen molar-refractivity contribution >= 4 is 32.5 Å². The number of nitrogens with zero attached hydrogens (tertiary/aromatic N) is 4. The quantitative estimate of drug-likeness (QED) is 0.363. The van der Waals surface area contributed by atoms with Gasteiger partial charge in [-0.3, -0.25) is 9.80 Å². The number of halogens is 1. The summed E-state index contributed by atoms with van der Waals surface area (Å²) in [6.07, 6.45) is 10.5. The van der Waals surface area contributed by atoms with Gasteiger partial charge in [-0.1, -0.05) is 0 Å². The Morgan fingerprint density at radius 3 is 2.86 bits per heavy atom. The molecule has 5 heterocycles. The molecular formula is C28H33FN6OS. The normalized spacial score (nSPS) is 23.2. The van der Waals surface area contributed by atoms with E-state index in [1.54, 1.807) is 29.8 Å². The Labute approximate surface area is 220 Å². The molecule has 37 heavy (non-hydrogen) atoms. The Bertz CT molecular complexity index is 1340. The highest BCUT2D eigenvalue weighted by molar-refractivity contribution is 7.19. The predicted octanol–water partition coefficient (Wildman–Crippen LogP) is 4.85. The number of likely N-dealkylation sites (tertiary alicyclic amines) is 1. The van der Waals surface area contributed by atoms with E-state index in [4.69, 9.17) is 4.74 Å². The van der Waals surface area contributed by atoms with Crippen molar-refractivity contribution in [1.82, 2.24) is 30.1 Å². The molecule has 3 fully saturated rings. The van der Waals surface area contributed by atoms with E-state index >= 15 is 0 Å². The molecule has 194 valence electrons. The van der Waals surface area contributed by atoms with Crippen LogP contribution in [0.4, 0.5) is 4.39 Å². The van der Waals surface area contributed by atoms with Crippen LogP contribution in [0.25, 0.3) is 21.1 Å². The summed E-state index contributed by atoms with van der Waals surface area (Å²) in [6, 6.07) is 8.07. The molecule has 4 aromatic rings. The number of aromatic amines is 1. The van der Waals surface area contributed by atoms with E-state index in [0.717, 1.165) is 65.1 Å². The van der Waals surface area contributed by atoms with Crippen molar-refractivity contribution < 1.29 is 9.13 Å². The van der Waals surface area contributed by atoms with Crippen LogP contribution in [0.15, 0.2) is 43.0 Å². The van der Waals surface area contributed by atoms with Crippen molar-refractivity contribution in [2.24, 2.45) is 5.92 Å². The summed E-state index contributed by atoms with van der Waals surface area (Å²) in [5.74, 6) is 0.677. The Morgan fingerprint density at radius 2 is 2.03 bits per heavy atom. The van der Waals surface area contributed by atoms with Crippen molar-refractivity contribution in [3.8, 4) is 0 Å². The van der Waals surface area contributed by atoms with E-state index in [9.17, 15) is 4.39 Å². The monoisotopic (exact) mass is 520 g/mol. The molecule has 7 rings (SSSR count). The van der Waals surface area contributed by atoms with E-state index in [0.29, 0.717) is 19.2 Å². The number of nitrogens with one attached hydrogen (secondary N) is 2. The fraction of sp³-hybridized carbons (Fsp3) is 0.500. The second-order valence-electron chi connectivity index (χ2n) is 10.7. The average molecular weight is 521 g/mol. The van der Waals surface area contributed by atoms with E-state index in [-0.39, 0.29) is 18.1 Å². The first-order valence-corrected chi connectivity index (χ1v) is 14.3. The Kier molecular flexibility index (Phi) is 6.42. The van der Waals surface area contributed by atoms with Gasteiger partial charge in [-0.2, -0.15) is 0 Å². The molecule has 1 aromatic carbocycles. The molecule has 1 aliphatic carbocycles. The number of H-pyrrole nitrogens is 1. The summed E-state index contributed by atoms with van der Waals surface area (Å²) >= 11 is 1.79. The molecule has 0 bridgehead atoms. The fourth-order valence-corrected chi connectivity index (χ4v) is 7.19. The zero-order chi connectivity index (χ0) is 24.8. The first-order chi connectivity index (χ1) is 18.2. The van der Waals surface area contributed by atoms with Crippen LogP contribution in [0.1, 0.15) is 48.4 Å². The summed E-state index contributed by atoms with van der Waals surface area (Å²) in [6.45, 7) is 5.46. The van der Waals surface area contributed by atoms with Gasteiger partial charge in [-0.05, 0) is 68.0 Å². The molecule has 2 N–H and O–H groups in total. The second-order valence-corrected chi connectivity index (χ2v) is 11.9. The number of rotatable bonds is 7. The maximum atomic E-state index is 14.5. The average Bonchev–Trinajstić information content (AvgIpc) is 3.47. The summed E-state index contributed by atoms with van der Waals surface area (Å²) in [5.41, 5.74) is 2.74. The number of hydrogen-bond acceptors (Lipinski definition) is 7. The minimum atomic E-state index is -0.230. The molecule has 3 aliphatic rings. The molecule has 1 saturated carbocycles. The van der Waals surface area contributed by atoms with Gasteiger partial charge in [0.2, 0.25) is 0 Å². The topological polar surface area (TPSA) is 69.3 Å². The van der Waals surface area contributed by atoms with Crippen molar-refractivity contribution in [3.63, 3.8) is 0 Å². The molecule has 2 aliphatic heterocycles. The van der Waals surface area contributed by atoms with Crippen molar-refractivity contribution in [3.05, 3.63) is 59.2 Å². The zero-order valence-electron chi connectivity index (χ0n) is 20.9. The number of fused-ring (bicyclic) bond motifs is 2. The second kappa shape index (κ2) is 10.0. The van der Waals surface area contributed by atoms with Gasteiger partial charge in [0.25, 0.3) is 0 Å². The lowest BCUT2D eigenvalue weighted by atomic mass is 10.0. The number of thiophene rings is 1. The van der Waals surface area contributed by atoms with Crippen molar-refractivity contribution in [2.45, 2.75) is 44.0 Å². The first-order valence-electron chi connectivity index (χ1n) is 13.5. The smallest absolute Gasteiger partial charge is 0.125 e. The van der Waals surface area contributed by atoms with E-state index in [1.165, 1.54) is 24.3 Å². The van der Waals surface area contributed by atoms with Gasteiger partial charge in [0.1, 0.15) is 12.1 Å². The highest BCUT2D eigenvalue weighted by Crippen LogP contribution is 2.39. The third kappa shape index (κ3) is 4.91. The molecule has 0 amide bonds. The number of ether oxygens (including phenoxy) is 1. The van der Waals surface area contributed by atoms with Gasteiger partial charge in [0.15, 0.2) is 0 Å². The lowest BCUT2D eigenvalue weighted by Gasteiger charge is -2.45. The van der Waals surface area contributed by atoms with Gasteiger partial charge in [-0.25, -0.2) is 14.4 Å². The molecule has 2 saturated heterocycles. The molecular weight excluding hydrogens is 487 g/mol. The maximum Gasteiger partial charge on any atom is 0.125 e. The molecule has 0 spiro atoms. The van der Waals surface area contributed by atoms with Crippen LogP contribution in [0.2, 0.25) is 0 Å². The highest BCUT2D eigenvalue weighted by Gasteiger charge is 2.36. The van der Waals surface area contributed by atoms with E-state index in [1.807, 2.05) is 18.5 Å². The zero-order valence-corrected chi connectivity index (χ0v) is 21.7. The molecule has 7 nitrogen and oxygen atoms in total. The van der Waals surface area contributed by atoms with E-state index < -0.39 is 0 Å². The van der Waals surface area contributed by atoms with Gasteiger partial charge in [0.05, 0.1) is 29.1 Å². The minimum Gasteiger partial charge on any atom is -0.371 e. The van der Waals surface area contributed by atoms with Crippen molar-refractivity contribution in [1.29, 1.82) is 0 Å².